The molecular weight excluding hydrogens is 317 g/mol. The highest BCUT2D eigenvalue weighted by atomic mass is 32.2. The molecule has 0 aliphatic heterocycles. The topological polar surface area (TPSA) is 83.5 Å². The van der Waals surface area contributed by atoms with E-state index in [0.717, 1.165) is 17.4 Å². The zero-order valence-electron chi connectivity index (χ0n) is 10.9. The molecule has 21 heavy (non-hydrogen) atoms. The van der Waals surface area contributed by atoms with Gasteiger partial charge in [0.25, 0.3) is 0 Å². The molecule has 1 aromatic carbocycles. The number of halogens is 1. The van der Waals surface area contributed by atoms with Crippen molar-refractivity contribution in [1.82, 2.24) is 4.72 Å². The Bertz CT molecular complexity index is 753. The van der Waals surface area contributed by atoms with Crippen LogP contribution in [0.1, 0.15) is 28.2 Å². The number of hydrogen-bond acceptors (Lipinski definition) is 4. The first-order valence-electron chi connectivity index (χ1n) is 5.89. The zero-order chi connectivity index (χ0) is 15.6. The molecule has 8 heteroatoms. The summed E-state index contributed by atoms with van der Waals surface area (Å²) in [5.74, 6) is -1.58. The Hall–Kier alpha value is -1.77. The van der Waals surface area contributed by atoms with Crippen LogP contribution in [-0.4, -0.2) is 19.5 Å². The fourth-order valence-electron chi connectivity index (χ4n) is 1.69. The van der Waals surface area contributed by atoms with E-state index >= 15 is 0 Å². The molecule has 2 aromatic rings. The smallest absolute Gasteiger partial charge is 0.345 e. The van der Waals surface area contributed by atoms with E-state index in [9.17, 15) is 17.6 Å². The standard InChI is InChI=1S/C13H12FNO4S2/c1-8(9-2-4-10(14)5-3-9)15-21(18,19)11-6-12(13(16)17)20-7-11/h2-8,15H,1H3,(H,16,17). The second kappa shape index (κ2) is 5.92. The maximum atomic E-state index is 12.8. The van der Waals surface area contributed by atoms with E-state index in [4.69, 9.17) is 5.11 Å². The Labute approximate surface area is 125 Å². The van der Waals surface area contributed by atoms with Crippen LogP contribution in [0.5, 0.6) is 0 Å². The molecule has 1 atom stereocenters. The lowest BCUT2D eigenvalue weighted by atomic mass is 10.1. The summed E-state index contributed by atoms with van der Waals surface area (Å²) in [7, 11) is -3.83. The number of benzene rings is 1. The summed E-state index contributed by atoms with van der Waals surface area (Å²) >= 11 is 0.841. The monoisotopic (exact) mass is 329 g/mol. The molecule has 0 saturated heterocycles. The van der Waals surface area contributed by atoms with Gasteiger partial charge in [-0.1, -0.05) is 12.1 Å². The van der Waals surface area contributed by atoms with Crippen LogP contribution in [0.3, 0.4) is 0 Å². The Morgan fingerprint density at radius 2 is 1.95 bits per heavy atom. The van der Waals surface area contributed by atoms with Gasteiger partial charge >= 0.3 is 5.97 Å². The molecule has 0 aliphatic rings. The van der Waals surface area contributed by atoms with Gasteiger partial charge in [0.15, 0.2) is 0 Å². The first kappa shape index (κ1) is 15.6. The van der Waals surface area contributed by atoms with Crippen molar-refractivity contribution in [3.05, 3.63) is 52.0 Å². The van der Waals surface area contributed by atoms with Crippen LogP contribution >= 0.6 is 11.3 Å². The van der Waals surface area contributed by atoms with Gasteiger partial charge in [-0.05, 0) is 30.7 Å². The van der Waals surface area contributed by atoms with E-state index in [1.54, 1.807) is 6.92 Å². The Morgan fingerprint density at radius 3 is 2.48 bits per heavy atom. The van der Waals surface area contributed by atoms with E-state index < -0.39 is 27.9 Å². The Morgan fingerprint density at radius 1 is 1.33 bits per heavy atom. The number of thiophene rings is 1. The number of carbonyl (C=O) groups is 1. The lowest BCUT2D eigenvalue weighted by molar-refractivity contribution is 0.0702. The number of carboxylic acid groups (broad SMARTS) is 1. The van der Waals surface area contributed by atoms with E-state index in [1.807, 2.05) is 0 Å². The summed E-state index contributed by atoms with van der Waals surface area (Å²) in [5, 5.41) is 10.1. The molecule has 1 heterocycles. The van der Waals surface area contributed by atoms with Crippen LogP contribution < -0.4 is 4.72 Å². The van der Waals surface area contributed by atoms with Gasteiger partial charge in [0.1, 0.15) is 10.7 Å². The third kappa shape index (κ3) is 3.66. The highest BCUT2D eigenvalue weighted by molar-refractivity contribution is 7.89. The molecule has 0 saturated carbocycles. The van der Waals surface area contributed by atoms with Gasteiger partial charge in [-0.15, -0.1) is 11.3 Å². The van der Waals surface area contributed by atoms with Crippen molar-refractivity contribution < 1.29 is 22.7 Å². The summed E-state index contributed by atoms with van der Waals surface area (Å²) in [4.78, 5) is 10.6. The number of carboxylic acids is 1. The SMILES string of the molecule is CC(NS(=O)(=O)c1csc(C(=O)O)c1)c1ccc(F)cc1. The van der Waals surface area contributed by atoms with Gasteiger partial charge in [0.2, 0.25) is 10.0 Å². The highest BCUT2D eigenvalue weighted by Gasteiger charge is 2.21. The minimum Gasteiger partial charge on any atom is -0.477 e. The molecule has 1 aromatic heterocycles. The minimum absolute atomic E-state index is 0.0511. The van der Waals surface area contributed by atoms with E-state index in [0.29, 0.717) is 5.56 Å². The van der Waals surface area contributed by atoms with Crippen molar-refractivity contribution in [1.29, 1.82) is 0 Å². The number of sulfonamides is 1. The van der Waals surface area contributed by atoms with Crippen LogP contribution in [0.2, 0.25) is 0 Å². The predicted molar refractivity (Wildman–Crippen MR) is 76.4 cm³/mol. The molecule has 0 amide bonds. The summed E-state index contributed by atoms with van der Waals surface area (Å²) in [6.07, 6.45) is 0. The van der Waals surface area contributed by atoms with Crippen LogP contribution in [0.15, 0.2) is 40.6 Å². The van der Waals surface area contributed by atoms with Crippen molar-refractivity contribution in [3.63, 3.8) is 0 Å². The van der Waals surface area contributed by atoms with Crippen molar-refractivity contribution in [2.24, 2.45) is 0 Å². The molecule has 2 rings (SSSR count). The molecule has 1 unspecified atom stereocenters. The molecule has 0 radical (unpaired) electrons. The zero-order valence-corrected chi connectivity index (χ0v) is 12.5. The first-order chi connectivity index (χ1) is 9.79. The maximum Gasteiger partial charge on any atom is 0.345 e. The van der Waals surface area contributed by atoms with Crippen molar-refractivity contribution >= 4 is 27.3 Å². The molecule has 112 valence electrons. The third-order valence-corrected chi connectivity index (χ3v) is 5.39. The van der Waals surface area contributed by atoms with Crippen molar-refractivity contribution in [2.75, 3.05) is 0 Å². The van der Waals surface area contributed by atoms with Gasteiger partial charge in [-0.2, -0.15) is 0 Å². The molecule has 5 nitrogen and oxygen atoms in total. The Kier molecular flexibility index (Phi) is 4.40. The van der Waals surface area contributed by atoms with Crippen LogP contribution in [0.25, 0.3) is 0 Å². The third-order valence-electron chi connectivity index (χ3n) is 2.80. The Balaban J connectivity index is 2.20. The minimum atomic E-state index is -3.83. The van der Waals surface area contributed by atoms with Gasteiger partial charge in [-0.25, -0.2) is 22.3 Å². The molecule has 0 bridgehead atoms. The average molecular weight is 329 g/mol. The second-order valence-corrected chi connectivity index (χ2v) is 6.97. The molecular formula is C13H12FNO4S2. The number of nitrogens with one attached hydrogen (secondary N) is 1. The van der Waals surface area contributed by atoms with Crippen LogP contribution in [0.4, 0.5) is 4.39 Å². The number of hydrogen-bond donors (Lipinski definition) is 2. The normalized spacial score (nSPS) is 13.0. The van der Waals surface area contributed by atoms with Gasteiger partial charge in [-0.3, -0.25) is 0 Å². The van der Waals surface area contributed by atoms with Crippen molar-refractivity contribution in [2.45, 2.75) is 17.9 Å². The summed E-state index contributed by atoms with van der Waals surface area (Å²) in [5.41, 5.74) is 0.605. The highest BCUT2D eigenvalue weighted by Crippen LogP contribution is 2.22. The summed E-state index contributed by atoms with van der Waals surface area (Å²) < 4.78 is 39.6. The van der Waals surface area contributed by atoms with E-state index in [-0.39, 0.29) is 9.77 Å². The fourth-order valence-corrected chi connectivity index (χ4v) is 4.04. The number of rotatable bonds is 5. The number of aromatic carboxylic acids is 1. The second-order valence-electron chi connectivity index (χ2n) is 4.35. The molecule has 0 fully saturated rings. The summed E-state index contributed by atoms with van der Waals surface area (Å²) in [6, 6.07) is 5.99. The maximum absolute atomic E-state index is 12.8. The predicted octanol–water partition coefficient (Wildman–Crippen LogP) is 2.62. The molecule has 2 N–H and O–H groups in total. The first-order valence-corrected chi connectivity index (χ1v) is 8.25. The lowest BCUT2D eigenvalue weighted by Crippen LogP contribution is -2.26. The molecule has 0 aliphatic carbocycles. The van der Waals surface area contributed by atoms with Crippen molar-refractivity contribution in [3.8, 4) is 0 Å². The summed E-state index contributed by atoms with van der Waals surface area (Å²) in [6.45, 7) is 1.62. The van der Waals surface area contributed by atoms with Crippen LogP contribution in [0, 0.1) is 5.82 Å². The fraction of sp³-hybridized carbons (Fsp3) is 0.154. The largest absolute Gasteiger partial charge is 0.477 e. The van der Waals surface area contributed by atoms with Gasteiger partial charge < -0.3 is 5.11 Å². The molecule has 0 spiro atoms. The van der Waals surface area contributed by atoms with E-state index in [2.05, 4.69) is 4.72 Å². The van der Waals surface area contributed by atoms with E-state index in [1.165, 1.54) is 29.6 Å². The quantitative estimate of drug-likeness (QED) is 0.883. The lowest BCUT2D eigenvalue weighted by Gasteiger charge is -2.13. The van der Waals surface area contributed by atoms with Gasteiger partial charge in [0.05, 0.1) is 4.90 Å². The van der Waals surface area contributed by atoms with Crippen LogP contribution in [-0.2, 0) is 10.0 Å². The average Bonchev–Trinajstić information content (AvgIpc) is 2.89. The van der Waals surface area contributed by atoms with Gasteiger partial charge in [0, 0.05) is 11.4 Å².